The topological polar surface area (TPSA) is 29.1 Å². The average Bonchev–Trinajstić information content (AvgIpc) is 2.77. The lowest BCUT2D eigenvalue weighted by atomic mass is 10.1. The molecule has 0 radical (unpaired) electrons. The van der Waals surface area contributed by atoms with Crippen LogP contribution in [0.1, 0.15) is 24.8 Å². The van der Waals surface area contributed by atoms with Crippen LogP contribution in [0.2, 0.25) is 0 Å². The van der Waals surface area contributed by atoms with Crippen LogP contribution in [0.5, 0.6) is 0 Å². The van der Waals surface area contributed by atoms with E-state index in [-0.39, 0.29) is 5.91 Å². The fourth-order valence-corrected chi connectivity index (χ4v) is 3.67. The summed E-state index contributed by atoms with van der Waals surface area (Å²) in [5.74, 6) is 1.90. The molecule has 1 aromatic carbocycles. The maximum atomic E-state index is 12.1. The van der Waals surface area contributed by atoms with Crippen molar-refractivity contribution in [3.63, 3.8) is 0 Å². The maximum absolute atomic E-state index is 12.1. The second-order valence-electron chi connectivity index (χ2n) is 5.23. The summed E-state index contributed by atoms with van der Waals surface area (Å²) < 4.78 is 1.05. The molecule has 2 unspecified atom stereocenters. The molecule has 2 aliphatic rings. The summed E-state index contributed by atoms with van der Waals surface area (Å²) in [6.07, 6.45) is 3.82. The molecule has 0 bridgehead atoms. The summed E-state index contributed by atoms with van der Waals surface area (Å²) >= 11 is 3.43. The fourth-order valence-electron chi connectivity index (χ4n) is 3.19. The molecule has 0 heterocycles. The summed E-state index contributed by atoms with van der Waals surface area (Å²) in [5.41, 5.74) is 2.06. The molecule has 17 heavy (non-hydrogen) atoms. The van der Waals surface area contributed by atoms with E-state index in [1.54, 1.807) is 0 Å². The standard InChI is InChI=1S/C14H16BrNO/c1-8-7-9(15)5-6-12(8)16-14(17)13-10-3-2-4-11(10)13/h5-7,10-11,13H,2-4H2,1H3,(H,16,17). The van der Waals surface area contributed by atoms with Crippen molar-refractivity contribution in [3.05, 3.63) is 28.2 Å². The number of aryl methyl sites for hydroxylation is 1. The number of carbonyl (C=O) groups is 1. The third kappa shape index (κ3) is 2.01. The first-order valence-electron chi connectivity index (χ1n) is 6.24. The van der Waals surface area contributed by atoms with E-state index in [1.165, 1.54) is 19.3 Å². The molecule has 0 saturated heterocycles. The van der Waals surface area contributed by atoms with Crippen molar-refractivity contribution >= 4 is 27.5 Å². The SMILES string of the molecule is Cc1cc(Br)ccc1NC(=O)C1C2CCCC21. The van der Waals surface area contributed by atoms with E-state index < -0.39 is 0 Å². The Hall–Kier alpha value is -0.830. The van der Waals surface area contributed by atoms with Crippen molar-refractivity contribution in [1.29, 1.82) is 0 Å². The zero-order chi connectivity index (χ0) is 12.0. The van der Waals surface area contributed by atoms with Gasteiger partial charge in [0, 0.05) is 16.1 Å². The minimum absolute atomic E-state index is 0.227. The van der Waals surface area contributed by atoms with E-state index in [0.29, 0.717) is 17.8 Å². The van der Waals surface area contributed by atoms with Crippen LogP contribution in [0, 0.1) is 24.7 Å². The molecule has 2 aliphatic carbocycles. The molecular formula is C14H16BrNO. The molecule has 2 saturated carbocycles. The zero-order valence-corrected chi connectivity index (χ0v) is 11.5. The molecule has 2 atom stereocenters. The highest BCUT2D eigenvalue weighted by molar-refractivity contribution is 9.10. The van der Waals surface area contributed by atoms with Crippen molar-refractivity contribution in [2.45, 2.75) is 26.2 Å². The van der Waals surface area contributed by atoms with Crippen molar-refractivity contribution < 1.29 is 4.79 Å². The number of rotatable bonds is 2. The Bertz CT molecular complexity index is 461. The Morgan fingerprint density at radius 1 is 1.35 bits per heavy atom. The predicted octanol–water partition coefficient (Wildman–Crippen LogP) is 3.74. The monoisotopic (exact) mass is 293 g/mol. The first-order valence-corrected chi connectivity index (χ1v) is 7.03. The van der Waals surface area contributed by atoms with Gasteiger partial charge in [0.2, 0.25) is 5.91 Å². The number of hydrogen-bond donors (Lipinski definition) is 1. The quantitative estimate of drug-likeness (QED) is 0.884. The van der Waals surface area contributed by atoms with Crippen molar-refractivity contribution in [2.75, 3.05) is 5.32 Å². The van der Waals surface area contributed by atoms with Crippen LogP contribution in [0.25, 0.3) is 0 Å². The molecule has 1 amide bonds. The average molecular weight is 294 g/mol. The molecule has 3 rings (SSSR count). The number of benzene rings is 1. The normalized spacial score (nSPS) is 29.9. The van der Waals surface area contributed by atoms with E-state index >= 15 is 0 Å². The van der Waals surface area contributed by atoms with Crippen molar-refractivity contribution in [3.8, 4) is 0 Å². The minimum Gasteiger partial charge on any atom is -0.326 e. The van der Waals surface area contributed by atoms with E-state index in [4.69, 9.17) is 0 Å². The number of carbonyl (C=O) groups excluding carboxylic acids is 1. The van der Waals surface area contributed by atoms with Crippen LogP contribution < -0.4 is 5.32 Å². The van der Waals surface area contributed by atoms with E-state index in [0.717, 1.165) is 15.7 Å². The summed E-state index contributed by atoms with van der Waals surface area (Å²) in [5, 5.41) is 3.07. The zero-order valence-electron chi connectivity index (χ0n) is 9.87. The number of hydrogen-bond acceptors (Lipinski definition) is 1. The minimum atomic E-state index is 0.227. The molecule has 0 aliphatic heterocycles. The maximum Gasteiger partial charge on any atom is 0.228 e. The fraction of sp³-hybridized carbons (Fsp3) is 0.500. The Kier molecular flexibility index (Phi) is 2.74. The highest BCUT2D eigenvalue weighted by atomic mass is 79.9. The second kappa shape index (κ2) is 4.13. The summed E-state index contributed by atoms with van der Waals surface area (Å²) in [6, 6.07) is 5.97. The highest BCUT2D eigenvalue weighted by Crippen LogP contribution is 2.57. The lowest BCUT2D eigenvalue weighted by Crippen LogP contribution is -2.17. The lowest BCUT2D eigenvalue weighted by molar-refractivity contribution is -0.118. The van der Waals surface area contributed by atoms with Gasteiger partial charge in [-0.3, -0.25) is 4.79 Å². The molecule has 90 valence electrons. The van der Waals surface area contributed by atoms with Gasteiger partial charge in [-0.05, 0) is 55.4 Å². The summed E-state index contributed by atoms with van der Waals surface area (Å²) in [4.78, 5) is 12.1. The van der Waals surface area contributed by atoms with Gasteiger partial charge in [0.05, 0.1) is 0 Å². The van der Waals surface area contributed by atoms with Crippen molar-refractivity contribution in [1.82, 2.24) is 0 Å². The summed E-state index contributed by atoms with van der Waals surface area (Å²) in [6.45, 7) is 2.02. The number of fused-ring (bicyclic) bond motifs is 1. The molecule has 1 N–H and O–H groups in total. The molecule has 1 aromatic rings. The van der Waals surface area contributed by atoms with Crippen LogP contribution in [0.3, 0.4) is 0 Å². The van der Waals surface area contributed by atoms with Gasteiger partial charge in [-0.15, -0.1) is 0 Å². The van der Waals surface area contributed by atoms with E-state index in [9.17, 15) is 4.79 Å². The highest BCUT2D eigenvalue weighted by Gasteiger charge is 2.56. The van der Waals surface area contributed by atoms with Gasteiger partial charge in [0.15, 0.2) is 0 Å². The number of halogens is 1. The molecule has 0 spiro atoms. The lowest BCUT2D eigenvalue weighted by Gasteiger charge is -2.09. The number of amides is 1. The Morgan fingerprint density at radius 2 is 2.06 bits per heavy atom. The van der Waals surface area contributed by atoms with Gasteiger partial charge in [-0.25, -0.2) is 0 Å². The molecule has 3 heteroatoms. The first kappa shape index (κ1) is 11.3. The molecule has 2 fully saturated rings. The smallest absolute Gasteiger partial charge is 0.228 e. The van der Waals surface area contributed by atoms with Gasteiger partial charge in [0.25, 0.3) is 0 Å². The molecular weight excluding hydrogens is 278 g/mol. The van der Waals surface area contributed by atoms with Crippen LogP contribution in [0.4, 0.5) is 5.69 Å². The first-order chi connectivity index (χ1) is 8.16. The van der Waals surface area contributed by atoms with Crippen LogP contribution in [0.15, 0.2) is 22.7 Å². The third-order valence-electron chi connectivity index (χ3n) is 4.16. The predicted molar refractivity (Wildman–Crippen MR) is 71.8 cm³/mol. The van der Waals surface area contributed by atoms with Crippen LogP contribution in [-0.2, 0) is 4.79 Å². The Balaban J connectivity index is 1.69. The van der Waals surface area contributed by atoms with Crippen LogP contribution in [-0.4, -0.2) is 5.91 Å². The third-order valence-corrected chi connectivity index (χ3v) is 4.65. The van der Waals surface area contributed by atoms with Gasteiger partial charge in [0.1, 0.15) is 0 Å². The second-order valence-corrected chi connectivity index (χ2v) is 6.15. The number of anilines is 1. The molecule has 2 nitrogen and oxygen atoms in total. The van der Waals surface area contributed by atoms with Gasteiger partial charge in [-0.2, -0.15) is 0 Å². The van der Waals surface area contributed by atoms with E-state index in [1.807, 2.05) is 25.1 Å². The Morgan fingerprint density at radius 3 is 2.71 bits per heavy atom. The van der Waals surface area contributed by atoms with Crippen molar-refractivity contribution in [2.24, 2.45) is 17.8 Å². The van der Waals surface area contributed by atoms with Gasteiger partial charge < -0.3 is 5.32 Å². The Labute approximate surface area is 110 Å². The van der Waals surface area contributed by atoms with E-state index in [2.05, 4.69) is 21.2 Å². The van der Waals surface area contributed by atoms with Crippen LogP contribution >= 0.6 is 15.9 Å². The number of nitrogens with one attached hydrogen (secondary N) is 1. The molecule has 0 aromatic heterocycles. The van der Waals surface area contributed by atoms with Gasteiger partial charge >= 0.3 is 0 Å². The van der Waals surface area contributed by atoms with Gasteiger partial charge in [-0.1, -0.05) is 22.4 Å². The summed E-state index contributed by atoms with van der Waals surface area (Å²) in [7, 11) is 0. The largest absolute Gasteiger partial charge is 0.326 e.